The van der Waals surface area contributed by atoms with Gasteiger partial charge in [0.15, 0.2) is 11.6 Å². The number of allylic oxidation sites excluding steroid dienone is 1. The minimum Gasteiger partial charge on any atom is -0.456 e. The number of hydrogen-bond donors (Lipinski definition) is 0. The highest BCUT2D eigenvalue weighted by Gasteiger charge is 2.47. The number of para-hydroxylation sites is 1. The first-order valence-corrected chi connectivity index (χ1v) is 19.4. The Kier molecular flexibility index (Phi) is 6.76. The van der Waals surface area contributed by atoms with Crippen LogP contribution in [0.2, 0.25) is 0 Å². The second kappa shape index (κ2) is 12.1. The Balaban J connectivity index is 1.14. The van der Waals surface area contributed by atoms with Crippen LogP contribution in [0.3, 0.4) is 0 Å². The van der Waals surface area contributed by atoms with Gasteiger partial charge in [0.25, 0.3) is 0 Å². The molecular formula is C52H33N3O2. The number of fused-ring (bicyclic) bond motifs is 11. The molecule has 2 unspecified atom stereocenters. The molecule has 268 valence electrons. The maximum absolute atomic E-state index is 6.74. The lowest BCUT2D eigenvalue weighted by Crippen LogP contribution is -2.35. The molecule has 1 aliphatic carbocycles. The Morgan fingerprint density at radius 1 is 0.491 bits per heavy atom. The van der Waals surface area contributed by atoms with E-state index in [9.17, 15) is 0 Å². The van der Waals surface area contributed by atoms with E-state index in [0.29, 0.717) is 17.5 Å². The molecule has 5 nitrogen and oxygen atoms in total. The highest BCUT2D eigenvalue weighted by atomic mass is 16.3. The van der Waals surface area contributed by atoms with Gasteiger partial charge in [-0.3, -0.25) is 0 Å². The third-order valence-electron chi connectivity index (χ3n) is 12.1. The zero-order valence-corrected chi connectivity index (χ0v) is 31.0. The van der Waals surface area contributed by atoms with E-state index in [1.807, 2.05) is 30.3 Å². The van der Waals surface area contributed by atoms with Crippen LogP contribution in [0.25, 0.3) is 94.1 Å². The van der Waals surface area contributed by atoms with Crippen LogP contribution in [0.15, 0.2) is 179 Å². The molecule has 8 aromatic carbocycles. The Bertz CT molecular complexity index is 3450. The van der Waals surface area contributed by atoms with Gasteiger partial charge in [0.05, 0.1) is 5.41 Å². The number of hydrogen-bond acceptors (Lipinski definition) is 5. The summed E-state index contributed by atoms with van der Waals surface area (Å²) in [6, 6.07) is 57.2. The van der Waals surface area contributed by atoms with Gasteiger partial charge in [-0.05, 0) is 69.8 Å². The van der Waals surface area contributed by atoms with E-state index in [2.05, 4.69) is 153 Å². The quantitative estimate of drug-likeness (QED) is 0.169. The zero-order chi connectivity index (χ0) is 37.7. The first-order valence-electron chi connectivity index (χ1n) is 19.4. The minimum atomic E-state index is -0.795. The van der Waals surface area contributed by atoms with Crippen molar-refractivity contribution in [3.63, 3.8) is 0 Å². The van der Waals surface area contributed by atoms with Gasteiger partial charge in [0.2, 0.25) is 0 Å². The number of furan rings is 2. The summed E-state index contributed by atoms with van der Waals surface area (Å²) in [7, 11) is 0. The summed E-state index contributed by atoms with van der Waals surface area (Å²) < 4.78 is 13.3. The van der Waals surface area contributed by atoms with Crippen molar-refractivity contribution < 1.29 is 8.83 Å². The summed E-state index contributed by atoms with van der Waals surface area (Å²) in [5.41, 5.74) is 5.83. The number of nitrogens with zero attached hydrogens (tertiary/aromatic N) is 3. The maximum Gasteiger partial charge on any atom is 0.164 e. The molecule has 0 spiro atoms. The van der Waals surface area contributed by atoms with Gasteiger partial charge in [-0.2, -0.15) is 0 Å². The average Bonchev–Trinajstić information content (AvgIpc) is 3.85. The fourth-order valence-electron chi connectivity index (χ4n) is 9.34. The van der Waals surface area contributed by atoms with Crippen LogP contribution in [-0.4, -0.2) is 15.0 Å². The highest BCUT2D eigenvalue weighted by Crippen LogP contribution is 2.53. The van der Waals surface area contributed by atoms with Gasteiger partial charge in [-0.15, -0.1) is 0 Å². The van der Waals surface area contributed by atoms with Crippen molar-refractivity contribution in [3.8, 4) is 22.8 Å². The predicted octanol–water partition coefficient (Wildman–Crippen LogP) is 13.4. The fourth-order valence-corrected chi connectivity index (χ4v) is 9.34. The minimum absolute atomic E-state index is 0.187. The molecule has 1 aliphatic rings. The Labute approximate surface area is 327 Å². The van der Waals surface area contributed by atoms with Crippen LogP contribution < -0.4 is 0 Å². The Morgan fingerprint density at radius 2 is 1.18 bits per heavy atom. The van der Waals surface area contributed by atoms with E-state index >= 15 is 0 Å². The van der Waals surface area contributed by atoms with Crippen LogP contribution in [0.5, 0.6) is 0 Å². The lowest BCUT2D eigenvalue weighted by molar-refractivity contribution is 0.460. The van der Waals surface area contributed by atoms with E-state index in [4.69, 9.17) is 23.8 Å². The van der Waals surface area contributed by atoms with E-state index in [0.717, 1.165) is 87.9 Å². The molecule has 0 radical (unpaired) electrons. The number of benzene rings is 8. The molecule has 5 heteroatoms. The summed E-state index contributed by atoms with van der Waals surface area (Å²) in [5.74, 6) is 2.54. The largest absolute Gasteiger partial charge is 0.456 e. The number of aromatic nitrogens is 3. The molecule has 3 heterocycles. The van der Waals surface area contributed by atoms with Crippen molar-refractivity contribution in [1.82, 2.24) is 15.0 Å². The molecule has 57 heavy (non-hydrogen) atoms. The monoisotopic (exact) mass is 731 g/mol. The lowest BCUT2D eigenvalue weighted by Gasteiger charge is -2.38. The van der Waals surface area contributed by atoms with Crippen LogP contribution in [0, 0.1) is 0 Å². The van der Waals surface area contributed by atoms with Gasteiger partial charge in [0.1, 0.15) is 28.3 Å². The molecule has 3 aromatic heterocycles. The predicted molar refractivity (Wildman–Crippen MR) is 231 cm³/mol. The molecule has 12 rings (SSSR count). The van der Waals surface area contributed by atoms with Crippen molar-refractivity contribution in [2.24, 2.45) is 0 Å². The Hall–Kier alpha value is -7.37. The molecular weight excluding hydrogens is 699 g/mol. The van der Waals surface area contributed by atoms with E-state index in [1.165, 1.54) is 5.39 Å². The van der Waals surface area contributed by atoms with Gasteiger partial charge >= 0.3 is 0 Å². The van der Waals surface area contributed by atoms with Crippen molar-refractivity contribution in [2.75, 3.05) is 0 Å². The van der Waals surface area contributed by atoms with Crippen LogP contribution in [0.1, 0.15) is 35.6 Å². The summed E-state index contributed by atoms with van der Waals surface area (Å²) in [6.45, 7) is 2.27. The molecule has 0 bridgehead atoms. The van der Waals surface area contributed by atoms with Gasteiger partial charge in [-0.1, -0.05) is 146 Å². The molecule has 0 aliphatic heterocycles. The van der Waals surface area contributed by atoms with E-state index in [-0.39, 0.29) is 5.92 Å². The van der Waals surface area contributed by atoms with Crippen molar-refractivity contribution in [3.05, 3.63) is 193 Å². The van der Waals surface area contributed by atoms with Crippen LogP contribution in [-0.2, 0) is 5.41 Å². The molecule has 2 atom stereocenters. The summed E-state index contributed by atoms with van der Waals surface area (Å²) >= 11 is 0. The fraction of sp³-hybridized carbons (Fsp3) is 0.0577. The second-order valence-electron chi connectivity index (χ2n) is 15.3. The van der Waals surface area contributed by atoms with E-state index < -0.39 is 5.41 Å². The third kappa shape index (κ3) is 4.72. The average molecular weight is 732 g/mol. The second-order valence-corrected chi connectivity index (χ2v) is 15.3. The molecule has 11 aromatic rings. The summed E-state index contributed by atoms with van der Waals surface area (Å²) in [4.78, 5) is 16.3. The van der Waals surface area contributed by atoms with Crippen LogP contribution >= 0.6 is 0 Å². The summed E-state index contributed by atoms with van der Waals surface area (Å²) in [5, 5.41) is 10.1. The molecule has 0 saturated heterocycles. The standard InChI is InChI=1S/C52H33N3O2/c1-52(51-54-49(32-14-3-2-4-15-32)53-50(55-51)42-29-33-16-6-7-17-35(33)37-19-9-10-20-38(37)42)43(27-28-45-47(52)41-21-11-12-22-44(41)56-45)34-24-25-39-40-26-23-31-13-5-8-18-36(31)48(40)57-46(39)30-34/h2-30,43H,1H3. The topological polar surface area (TPSA) is 65.0 Å². The third-order valence-corrected chi connectivity index (χ3v) is 12.1. The maximum atomic E-state index is 6.74. The SMILES string of the molecule is CC1(c2nc(-c3ccccc3)nc(-c3cc4ccccc4c4ccccc34)n2)c2c(oc3ccccc23)C=CC1c1ccc2c(c1)oc1c3ccccc3ccc21. The molecule has 0 fully saturated rings. The highest BCUT2D eigenvalue weighted by molar-refractivity contribution is 6.15. The summed E-state index contributed by atoms with van der Waals surface area (Å²) in [6.07, 6.45) is 4.37. The molecule has 0 saturated carbocycles. The van der Waals surface area contributed by atoms with Gasteiger partial charge in [-0.25, -0.2) is 15.0 Å². The first-order chi connectivity index (χ1) is 28.1. The number of rotatable bonds is 4. The smallest absolute Gasteiger partial charge is 0.164 e. The lowest BCUT2D eigenvalue weighted by atomic mass is 9.65. The van der Waals surface area contributed by atoms with Crippen molar-refractivity contribution in [1.29, 1.82) is 0 Å². The van der Waals surface area contributed by atoms with Crippen LogP contribution in [0.4, 0.5) is 0 Å². The van der Waals surface area contributed by atoms with Crippen molar-refractivity contribution in [2.45, 2.75) is 18.3 Å². The molecule has 0 N–H and O–H groups in total. The first kappa shape index (κ1) is 31.9. The Morgan fingerprint density at radius 3 is 2.04 bits per heavy atom. The van der Waals surface area contributed by atoms with Crippen molar-refractivity contribution >= 4 is 71.3 Å². The normalized spacial score (nSPS) is 16.7. The van der Waals surface area contributed by atoms with Gasteiger partial charge < -0.3 is 8.83 Å². The van der Waals surface area contributed by atoms with Gasteiger partial charge in [0, 0.05) is 44.2 Å². The molecule has 0 amide bonds. The zero-order valence-electron chi connectivity index (χ0n) is 31.0. The van der Waals surface area contributed by atoms with E-state index in [1.54, 1.807) is 0 Å².